The van der Waals surface area contributed by atoms with Crippen LogP contribution in [-0.2, 0) is 4.79 Å². The molecule has 4 nitrogen and oxygen atoms in total. The molecule has 0 aromatic carbocycles. The Morgan fingerprint density at radius 2 is 1.83 bits per heavy atom. The first-order chi connectivity index (χ1) is 8.50. The molecule has 1 aliphatic rings. The lowest BCUT2D eigenvalue weighted by Crippen LogP contribution is -2.51. The molecule has 0 bridgehead atoms. The molecule has 1 unspecified atom stereocenters. The zero-order valence-electron chi connectivity index (χ0n) is 12.1. The molecular formula is C14H29N3O. The second-order valence-corrected chi connectivity index (χ2v) is 5.68. The highest BCUT2D eigenvalue weighted by molar-refractivity contribution is 5.83. The van der Waals surface area contributed by atoms with Crippen molar-refractivity contribution >= 4 is 5.91 Å². The molecule has 1 rings (SSSR count). The number of hydrogen-bond acceptors (Lipinski definition) is 3. The Bertz CT molecular complexity index is 258. The summed E-state index contributed by atoms with van der Waals surface area (Å²) in [7, 11) is 0. The first-order valence-electron chi connectivity index (χ1n) is 7.25. The standard InChI is InChI=1S/C14H29N3O/c1-4-14(5-2,10-15)13(18)17-8-6-12(7-9-17)11(3)16/h11-12H,4-10,15-16H2,1-3H3. The molecule has 1 heterocycles. The second kappa shape index (κ2) is 6.53. The summed E-state index contributed by atoms with van der Waals surface area (Å²) in [6, 6.07) is 0.235. The van der Waals surface area contributed by atoms with Gasteiger partial charge in [-0.15, -0.1) is 0 Å². The molecule has 1 fully saturated rings. The van der Waals surface area contributed by atoms with Crippen LogP contribution in [0.5, 0.6) is 0 Å². The number of nitrogens with zero attached hydrogens (tertiary/aromatic N) is 1. The van der Waals surface area contributed by atoms with E-state index in [1.165, 1.54) is 0 Å². The van der Waals surface area contributed by atoms with Gasteiger partial charge in [-0.1, -0.05) is 13.8 Å². The fraction of sp³-hybridized carbons (Fsp3) is 0.929. The summed E-state index contributed by atoms with van der Waals surface area (Å²) < 4.78 is 0. The predicted octanol–water partition coefficient (Wildman–Crippen LogP) is 1.34. The average molecular weight is 255 g/mol. The van der Waals surface area contributed by atoms with Crippen LogP contribution in [0.3, 0.4) is 0 Å². The van der Waals surface area contributed by atoms with Crippen LogP contribution in [0, 0.1) is 11.3 Å². The Morgan fingerprint density at radius 3 is 2.17 bits per heavy atom. The van der Waals surface area contributed by atoms with E-state index in [1.807, 2.05) is 4.90 Å². The van der Waals surface area contributed by atoms with Gasteiger partial charge in [-0.3, -0.25) is 4.79 Å². The molecule has 1 amide bonds. The van der Waals surface area contributed by atoms with Gasteiger partial charge >= 0.3 is 0 Å². The molecular weight excluding hydrogens is 226 g/mol. The van der Waals surface area contributed by atoms with Crippen LogP contribution in [0.2, 0.25) is 0 Å². The van der Waals surface area contributed by atoms with Crippen LogP contribution < -0.4 is 11.5 Å². The van der Waals surface area contributed by atoms with E-state index in [1.54, 1.807) is 0 Å². The van der Waals surface area contributed by atoms with Gasteiger partial charge < -0.3 is 16.4 Å². The maximum absolute atomic E-state index is 12.6. The average Bonchev–Trinajstić information content (AvgIpc) is 2.41. The number of piperidine rings is 1. The van der Waals surface area contributed by atoms with E-state index in [0.29, 0.717) is 12.5 Å². The fourth-order valence-electron chi connectivity index (χ4n) is 2.89. The largest absolute Gasteiger partial charge is 0.342 e. The van der Waals surface area contributed by atoms with Crippen LogP contribution in [-0.4, -0.2) is 36.5 Å². The van der Waals surface area contributed by atoms with Gasteiger partial charge in [-0.05, 0) is 38.5 Å². The highest BCUT2D eigenvalue weighted by Gasteiger charge is 2.38. The summed E-state index contributed by atoms with van der Waals surface area (Å²) in [5, 5.41) is 0. The van der Waals surface area contributed by atoms with E-state index in [2.05, 4.69) is 20.8 Å². The summed E-state index contributed by atoms with van der Waals surface area (Å²) in [5.41, 5.74) is 11.4. The minimum Gasteiger partial charge on any atom is -0.342 e. The van der Waals surface area contributed by atoms with E-state index >= 15 is 0 Å². The van der Waals surface area contributed by atoms with Crippen molar-refractivity contribution in [3.8, 4) is 0 Å². The molecule has 0 aromatic rings. The first kappa shape index (κ1) is 15.4. The molecule has 0 aromatic heterocycles. The molecule has 106 valence electrons. The molecule has 4 N–H and O–H groups in total. The Balaban J connectivity index is 2.64. The van der Waals surface area contributed by atoms with Gasteiger partial charge in [-0.2, -0.15) is 0 Å². The van der Waals surface area contributed by atoms with E-state index in [0.717, 1.165) is 38.8 Å². The van der Waals surface area contributed by atoms with Crippen LogP contribution in [0.15, 0.2) is 0 Å². The van der Waals surface area contributed by atoms with Crippen molar-refractivity contribution < 1.29 is 4.79 Å². The Labute approximate surface area is 111 Å². The normalized spacial score (nSPS) is 19.9. The van der Waals surface area contributed by atoms with Crippen molar-refractivity contribution in [2.75, 3.05) is 19.6 Å². The molecule has 0 spiro atoms. The van der Waals surface area contributed by atoms with Crippen molar-refractivity contribution in [1.29, 1.82) is 0 Å². The molecule has 18 heavy (non-hydrogen) atoms. The fourth-order valence-corrected chi connectivity index (χ4v) is 2.89. The van der Waals surface area contributed by atoms with Gasteiger partial charge in [-0.25, -0.2) is 0 Å². The lowest BCUT2D eigenvalue weighted by Gasteiger charge is -2.39. The number of carbonyl (C=O) groups excluding carboxylic acids is 1. The number of likely N-dealkylation sites (tertiary alicyclic amines) is 1. The van der Waals surface area contributed by atoms with Gasteiger partial charge in [0.05, 0.1) is 5.41 Å². The molecule has 0 aliphatic carbocycles. The third kappa shape index (κ3) is 3.04. The molecule has 0 saturated carbocycles. The second-order valence-electron chi connectivity index (χ2n) is 5.68. The van der Waals surface area contributed by atoms with Gasteiger partial charge in [0, 0.05) is 25.7 Å². The number of nitrogens with two attached hydrogens (primary N) is 2. The molecule has 0 radical (unpaired) electrons. The quantitative estimate of drug-likeness (QED) is 0.778. The van der Waals surface area contributed by atoms with E-state index < -0.39 is 0 Å². The number of hydrogen-bond donors (Lipinski definition) is 2. The maximum Gasteiger partial charge on any atom is 0.230 e. The van der Waals surface area contributed by atoms with Crippen LogP contribution in [0.25, 0.3) is 0 Å². The summed E-state index contributed by atoms with van der Waals surface area (Å²) >= 11 is 0. The van der Waals surface area contributed by atoms with Crippen LogP contribution >= 0.6 is 0 Å². The Morgan fingerprint density at radius 1 is 1.33 bits per heavy atom. The summed E-state index contributed by atoms with van der Waals surface area (Å²) in [4.78, 5) is 14.6. The van der Waals surface area contributed by atoms with Crippen LogP contribution in [0.4, 0.5) is 0 Å². The van der Waals surface area contributed by atoms with Crippen LogP contribution in [0.1, 0.15) is 46.5 Å². The van der Waals surface area contributed by atoms with E-state index in [9.17, 15) is 4.79 Å². The lowest BCUT2D eigenvalue weighted by atomic mass is 9.80. The smallest absolute Gasteiger partial charge is 0.230 e. The molecule has 1 atom stereocenters. The summed E-state index contributed by atoms with van der Waals surface area (Å²) in [6.45, 7) is 8.31. The summed E-state index contributed by atoms with van der Waals surface area (Å²) in [6.07, 6.45) is 3.70. The zero-order chi connectivity index (χ0) is 13.8. The van der Waals surface area contributed by atoms with Crippen molar-refractivity contribution in [1.82, 2.24) is 4.90 Å². The lowest BCUT2D eigenvalue weighted by molar-refractivity contribution is -0.143. The first-order valence-corrected chi connectivity index (χ1v) is 7.25. The highest BCUT2D eigenvalue weighted by atomic mass is 16.2. The third-order valence-corrected chi connectivity index (χ3v) is 4.77. The highest BCUT2D eigenvalue weighted by Crippen LogP contribution is 2.30. The van der Waals surface area contributed by atoms with Crippen molar-refractivity contribution in [2.45, 2.75) is 52.5 Å². The summed E-state index contributed by atoms with van der Waals surface area (Å²) in [5.74, 6) is 0.808. The van der Waals surface area contributed by atoms with Gasteiger partial charge in [0.25, 0.3) is 0 Å². The van der Waals surface area contributed by atoms with Gasteiger partial charge in [0.2, 0.25) is 5.91 Å². The minimum absolute atomic E-state index is 0.235. The number of rotatable bonds is 5. The van der Waals surface area contributed by atoms with E-state index in [-0.39, 0.29) is 17.4 Å². The number of amides is 1. The SMILES string of the molecule is CCC(CC)(CN)C(=O)N1CCC(C(C)N)CC1. The minimum atomic E-state index is -0.346. The monoisotopic (exact) mass is 255 g/mol. The maximum atomic E-state index is 12.6. The third-order valence-electron chi connectivity index (χ3n) is 4.77. The Hall–Kier alpha value is -0.610. The molecule has 1 aliphatic heterocycles. The van der Waals surface area contributed by atoms with Gasteiger partial charge in [0.1, 0.15) is 0 Å². The zero-order valence-corrected chi connectivity index (χ0v) is 12.1. The van der Waals surface area contributed by atoms with Crippen molar-refractivity contribution in [3.63, 3.8) is 0 Å². The topological polar surface area (TPSA) is 72.4 Å². The van der Waals surface area contributed by atoms with Crippen molar-refractivity contribution in [2.24, 2.45) is 22.8 Å². The number of carbonyl (C=O) groups is 1. The Kier molecular flexibility index (Phi) is 5.60. The van der Waals surface area contributed by atoms with Gasteiger partial charge in [0.15, 0.2) is 0 Å². The molecule has 4 heteroatoms. The predicted molar refractivity (Wildman–Crippen MR) is 75.0 cm³/mol. The van der Waals surface area contributed by atoms with Crippen molar-refractivity contribution in [3.05, 3.63) is 0 Å². The molecule has 1 saturated heterocycles. The van der Waals surface area contributed by atoms with E-state index in [4.69, 9.17) is 11.5 Å².